The van der Waals surface area contributed by atoms with Crippen molar-refractivity contribution in [3.8, 4) is 22.6 Å². The van der Waals surface area contributed by atoms with E-state index in [1.807, 2.05) is 61.5 Å². The van der Waals surface area contributed by atoms with E-state index in [-0.39, 0.29) is 18.1 Å². The molecule has 0 spiro atoms. The van der Waals surface area contributed by atoms with Gasteiger partial charge in [-0.1, -0.05) is 24.3 Å². The van der Waals surface area contributed by atoms with E-state index >= 15 is 0 Å². The number of carbonyl (C=O) groups is 1. The van der Waals surface area contributed by atoms with Gasteiger partial charge in [-0.3, -0.25) is 9.78 Å². The molecule has 0 radical (unpaired) electrons. The van der Waals surface area contributed by atoms with Gasteiger partial charge in [-0.2, -0.15) is 0 Å². The van der Waals surface area contributed by atoms with Gasteiger partial charge >= 0.3 is 0 Å². The average molecular weight is 481 g/mol. The zero-order valence-electron chi connectivity index (χ0n) is 19.5. The third-order valence-corrected chi connectivity index (χ3v) is 7.73. The fraction of sp³-hybridized carbons (Fsp3) is 0.308. The van der Waals surface area contributed by atoms with Crippen LogP contribution in [0.15, 0.2) is 59.5 Å². The van der Waals surface area contributed by atoms with Gasteiger partial charge in [0, 0.05) is 23.4 Å². The van der Waals surface area contributed by atoms with Crippen molar-refractivity contribution in [2.75, 3.05) is 20.9 Å². The highest BCUT2D eigenvalue weighted by Crippen LogP contribution is 2.51. The summed E-state index contributed by atoms with van der Waals surface area (Å²) in [6.07, 6.45) is 2.00. The van der Waals surface area contributed by atoms with Crippen LogP contribution in [-0.2, 0) is 27.6 Å². The summed E-state index contributed by atoms with van der Waals surface area (Å²) in [4.78, 5) is 18.8. The second-order valence-electron chi connectivity index (χ2n) is 8.77. The maximum absolute atomic E-state index is 13.3. The Labute approximate surface area is 201 Å². The topological polar surface area (TPSA) is 100 Å². The van der Waals surface area contributed by atoms with E-state index in [4.69, 9.17) is 14.5 Å². The highest BCUT2D eigenvalue weighted by molar-refractivity contribution is 7.82. The third kappa shape index (κ3) is 4.36. The first kappa shape index (κ1) is 24.1. The van der Waals surface area contributed by atoms with Crippen molar-refractivity contribution in [3.63, 3.8) is 0 Å². The summed E-state index contributed by atoms with van der Waals surface area (Å²) in [6.45, 7) is 2.19. The van der Waals surface area contributed by atoms with Crippen molar-refractivity contribution in [1.29, 1.82) is 0 Å². The SMILES string of the molecule is Cc1nc(CC(=O)C2(c3ccc4c(c3)OCO4)CC2)ccc1-c1ccc(S(=O)N(C)C)cc1.O. The van der Waals surface area contributed by atoms with E-state index in [0.29, 0.717) is 12.2 Å². The molecule has 1 atom stereocenters. The molecule has 0 amide bonds. The molecule has 1 aliphatic heterocycles. The Balaban J connectivity index is 0.00000274. The molecule has 1 unspecified atom stereocenters. The number of aromatic nitrogens is 1. The highest BCUT2D eigenvalue weighted by Gasteiger charge is 2.51. The Kier molecular flexibility index (Phi) is 6.58. The minimum atomic E-state index is -1.17. The van der Waals surface area contributed by atoms with Gasteiger partial charge in [-0.15, -0.1) is 0 Å². The number of carbonyl (C=O) groups excluding carboxylic acids is 1. The second kappa shape index (κ2) is 9.29. The van der Waals surface area contributed by atoms with Crippen molar-refractivity contribution in [2.45, 2.75) is 36.5 Å². The smallest absolute Gasteiger partial charge is 0.231 e. The van der Waals surface area contributed by atoms with Crippen LogP contribution in [0.25, 0.3) is 11.1 Å². The van der Waals surface area contributed by atoms with Crippen molar-refractivity contribution < 1.29 is 24.0 Å². The van der Waals surface area contributed by atoms with Gasteiger partial charge in [0.15, 0.2) is 11.5 Å². The van der Waals surface area contributed by atoms with Crippen molar-refractivity contribution >= 4 is 16.8 Å². The Bertz CT molecular complexity index is 1250. The van der Waals surface area contributed by atoms with E-state index in [1.165, 1.54) is 0 Å². The molecule has 7 nitrogen and oxygen atoms in total. The molecule has 1 aliphatic carbocycles. The molecular weight excluding hydrogens is 452 g/mol. The Morgan fingerprint density at radius 2 is 1.74 bits per heavy atom. The molecule has 0 bridgehead atoms. The summed E-state index contributed by atoms with van der Waals surface area (Å²) in [7, 11) is 2.41. The minimum Gasteiger partial charge on any atom is -0.454 e. The van der Waals surface area contributed by atoms with Crippen LogP contribution in [0.4, 0.5) is 0 Å². The Morgan fingerprint density at radius 1 is 1.03 bits per heavy atom. The summed E-state index contributed by atoms with van der Waals surface area (Å²) >= 11 is 0. The van der Waals surface area contributed by atoms with Gasteiger partial charge in [0.25, 0.3) is 0 Å². The zero-order valence-corrected chi connectivity index (χ0v) is 20.3. The van der Waals surface area contributed by atoms with Gasteiger partial charge in [0.2, 0.25) is 6.79 Å². The fourth-order valence-corrected chi connectivity index (χ4v) is 5.15. The maximum atomic E-state index is 13.3. The fourth-order valence-electron chi connectivity index (χ4n) is 4.36. The molecule has 8 heteroatoms. The maximum Gasteiger partial charge on any atom is 0.231 e. The first-order valence-corrected chi connectivity index (χ1v) is 12.1. The lowest BCUT2D eigenvalue weighted by atomic mass is 9.88. The van der Waals surface area contributed by atoms with Gasteiger partial charge in [0.05, 0.1) is 10.3 Å². The molecule has 5 rings (SSSR count). The largest absolute Gasteiger partial charge is 0.454 e. The molecule has 1 saturated carbocycles. The zero-order chi connectivity index (χ0) is 23.2. The normalized spacial score (nSPS) is 16.1. The number of pyridine rings is 1. The van der Waals surface area contributed by atoms with Crippen molar-refractivity contribution in [3.05, 3.63) is 71.5 Å². The van der Waals surface area contributed by atoms with Crippen molar-refractivity contribution in [2.24, 2.45) is 0 Å². The predicted octanol–water partition coefficient (Wildman–Crippen LogP) is 3.39. The van der Waals surface area contributed by atoms with Crippen LogP contribution in [0.5, 0.6) is 11.5 Å². The number of rotatable bonds is 7. The number of ether oxygens (including phenoxy) is 2. The number of fused-ring (bicyclic) bond motifs is 1. The first-order valence-electron chi connectivity index (χ1n) is 11.0. The van der Waals surface area contributed by atoms with Gasteiger partial charge in [0.1, 0.15) is 16.8 Å². The average Bonchev–Trinajstić information content (AvgIpc) is 3.49. The van der Waals surface area contributed by atoms with E-state index in [2.05, 4.69) is 0 Å². The standard InChI is InChI=1S/C26H26N2O4S.H2O/c1-17-22(18-4-8-21(9-5-18)33(30)28(2)3)10-7-20(27-17)15-25(29)26(12-13-26)19-6-11-23-24(14-19)32-16-31-23;/h4-11,14H,12-13,15-16H2,1-3H3;1H2. The summed E-state index contributed by atoms with van der Waals surface area (Å²) in [5.74, 6) is 1.64. The lowest BCUT2D eigenvalue weighted by Crippen LogP contribution is -2.23. The van der Waals surface area contributed by atoms with Gasteiger partial charge in [-0.05, 0) is 75.3 Å². The molecule has 2 aromatic carbocycles. The lowest BCUT2D eigenvalue weighted by molar-refractivity contribution is -0.120. The molecule has 34 heavy (non-hydrogen) atoms. The van der Waals surface area contributed by atoms with E-state index in [9.17, 15) is 9.00 Å². The van der Waals surface area contributed by atoms with Crippen LogP contribution in [0.2, 0.25) is 0 Å². The van der Waals surface area contributed by atoms with Crippen LogP contribution < -0.4 is 9.47 Å². The summed E-state index contributed by atoms with van der Waals surface area (Å²) in [5, 5.41) is 0. The number of hydrogen-bond acceptors (Lipinski definition) is 5. The molecule has 1 fully saturated rings. The number of nitrogens with zero attached hydrogens (tertiary/aromatic N) is 2. The van der Waals surface area contributed by atoms with E-state index in [1.54, 1.807) is 18.4 Å². The summed E-state index contributed by atoms with van der Waals surface area (Å²) in [5.41, 5.74) is 4.22. The van der Waals surface area contributed by atoms with E-state index < -0.39 is 16.4 Å². The number of hydrogen-bond donors (Lipinski definition) is 0. The molecule has 1 aromatic heterocycles. The lowest BCUT2D eigenvalue weighted by Gasteiger charge is -2.16. The second-order valence-corrected chi connectivity index (χ2v) is 10.5. The van der Waals surface area contributed by atoms with Crippen LogP contribution in [0.1, 0.15) is 29.8 Å². The van der Waals surface area contributed by atoms with Crippen LogP contribution in [0, 0.1) is 6.92 Å². The minimum absolute atomic E-state index is 0. The van der Waals surface area contributed by atoms with Crippen LogP contribution >= 0.6 is 0 Å². The van der Waals surface area contributed by atoms with E-state index in [0.717, 1.165) is 51.6 Å². The number of aryl methyl sites for hydroxylation is 1. The molecule has 2 aliphatic rings. The van der Waals surface area contributed by atoms with Crippen LogP contribution in [-0.4, -0.2) is 45.6 Å². The Hall–Kier alpha value is -3.07. The molecule has 2 N–H and O–H groups in total. The third-order valence-electron chi connectivity index (χ3n) is 6.39. The molecular formula is C26H28N2O5S. The summed E-state index contributed by atoms with van der Waals surface area (Å²) < 4.78 is 24.8. The van der Waals surface area contributed by atoms with Crippen molar-refractivity contribution in [1.82, 2.24) is 9.29 Å². The first-order chi connectivity index (χ1) is 15.9. The number of benzene rings is 2. The van der Waals surface area contributed by atoms with Gasteiger partial charge in [-0.25, -0.2) is 8.51 Å². The quantitative estimate of drug-likeness (QED) is 0.516. The molecule has 178 valence electrons. The van der Waals surface area contributed by atoms with Gasteiger partial charge < -0.3 is 14.9 Å². The van der Waals surface area contributed by atoms with Crippen LogP contribution in [0.3, 0.4) is 0 Å². The Morgan fingerprint density at radius 3 is 2.38 bits per heavy atom. The molecule has 0 saturated heterocycles. The predicted molar refractivity (Wildman–Crippen MR) is 130 cm³/mol. The molecule has 2 heterocycles. The summed E-state index contributed by atoms with van der Waals surface area (Å²) in [6, 6.07) is 17.4. The number of Topliss-reactive ketones (excluding diaryl/α,β-unsaturated/α-hetero) is 1. The monoisotopic (exact) mass is 480 g/mol. The number of ketones is 1. The highest BCUT2D eigenvalue weighted by atomic mass is 32.2. The molecule has 3 aromatic rings.